The van der Waals surface area contributed by atoms with E-state index in [1.165, 1.54) is 12.1 Å². The molecule has 16 heavy (non-hydrogen) atoms. The van der Waals surface area contributed by atoms with Gasteiger partial charge in [-0.15, -0.1) is 11.8 Å². The van der Waals surface area contributed by atoms with Gasteiger partial charge in [-0.25, -0.2) is 4.79 Å². The molecule has 0 atom stereocenters. The molecule has 0 aromatic heterocycles. The van der Waals surface area contributed by atoms with E-state index in [2.05, 4.69) is 0 Å². The summed E-state index contributed by atoms with van der Waals surface area (Å²) >= 11 is 1.04. The minimum Gasteiger partial charge on any atom is -0.478 e. The second kappa shape index (κ2) is 4.78. The predicted octanol–water partition coefficient (Wildman–Crippen LogP) is 3.52. The molecule has 0 unspecified atom stereocenters. The van der Waals surface area contributed by atoms with E-state index in [1.807, 2.05) is 0 Å². The van der Waals surface area contributed by atoms with Crippen molar-refractivity contribution in [2.75, 3.05) is 5.75 Å². The van der Waals surface area contributed by atoms with Gasteiger partial charge in [0.05, 0.1) is 11.1 Å². The third-order valence-corrected chi connectivity index (χ3v) is 2.79. The van der Waals surface area contributed by atoms with Crippen LogP contribution in [0.25, 0.3) is 0 Å². The zero-order valence-corrected chi connectivity index (χ0v) is 9.15. The average molecular weight is 250 g/mol. The van der Waals surface area contributed by atoms with Crippen LogP contribution < -0.4 is 0 Å². The highest BCUT2D eigenvalue weighted by molar-refractivity contribution is 7.99. The van der Waals surface area contributed by atoms with E-state index in [4.69, 9.17) is 5.11 Å². The molecule has 0 aliphatic rings. The van der Waals surface area contributed by atoms with Gasteiger partial charge in [-0.3, -0.25) is 0 Å². The molecule has 0 radical (unpaired) electrons. The third kappa shape index (κ3) is 2.91. The van der Waals surface area contributed by atoms with Crippen molar-refractivity contribution in [1.82, 2.24) is 0 Å². The Morgan fingerprint density at radius 3 is 2.50 bits per heavy atom. The van der Waals surface area contributed by atoms with Crippen molar-refractivity contribution >= 4 is 17.7 Å². The van der Waals surface area contributed by atoms with Crippen LogP contribution in [0.4, 0.5) is 13.2 Å². The number of benzene rings is 1. The summed E-state index contributed by atoms with van der Waals surface area (Å²) in [5, 5.41) is 8.62. The van der Waals surface area contributed by atoms with Crippen molar-refractivity contribution in [3.63, 3.8) is 0 Å². The van der Waals surface area contributed by atoms with Gasteiger partial charge in [-0.05, 0) is 24.0 Å². The van der Waals surface area contributed by atoms with E-state index in [-0.39, 0.29) is 10.5 Å². The highest BCUT2D eigenvalue weighted by Gasteiger charge is 2.34. The first-order valence-electron chi connectivity index (χ1n) is 4.43. The number of hydrogen-bond donors (Lipinski definition) is 1. The van der Waals surface area contributed by atoms with Crippen LogP contribution in [0.2, 0.25) is 0 Å². The van der Waals surface area contributed by atoms with Gasteiger partial charge in [0.15, 0.2) is 0 Å². The third-order valence-electron chi connectivity index (χ3n) is 1.83. The van der Waals surface area contributed by atoms with Gasteiger partial charge in [0, 0.05) is 4.90 Å². The van der Waals surface area contributed by atoms with Crippen molar-refractivity contribution in [1.29, 1.82) is 0 Å². The highest BCUT2D eigenvalue weighted by atomic mass is 32.2. The Kier molecular flexibility index (Phi) is 3.85. The first-order valence-corrected chi connectivity index (χ1v) is 5.42. The van der Waals surface area contributed by atoms with E-state index < -0.39 is 17.7 Å². The molecule has 6 heteroatoms. The summed E-state index contributed by atoms with van der Waals surface area (Å²) in [7, 11) is 0. The number of alkyl halides is 3. The average Bonchev–Trinajstić information content (AvgIpc) is 2.16. The second-order valence-corrected chi connectivity index (χ2v) is 4.25. The first kappa shape index (κ1) is 12.9. The molecular formula is C10H9F3O2S. The molecule has 0 fully saturated rings. The van der Waals surface area contributed by atoms with Crippen molar-refractivity contribution in [2.24, 2.45) is 0 Å². The number of halogens is 3. The summed E-state index contributed by atoms with van der Waals surface area (Å²) in [5.74, 6) is -0.867. The number of aromatic carboxylic acids is 1. The molecule has 88 valence electrons. The van der Waals surface area contributed by atoms with Crippen molar-refractivity contribution in [2.45, 2.75) is 18.0 Å². The van der Waals surface area contributed by atoms with Gasteiger partial charge < -0.3 is 5.11 Å². The number of hydrogen-bond acceptors (Lipinski definition) is 2. The molecule has 0 amide bonds. The van der Waals surface area contributed by atoms with Gasteiger partial charge in [-0.2, -0.15) is 13.2 Å². The normalized spacial score (nSPS) is 11.5. The monoisotopic (exact) mass is 250 g/mol. The maximum absolute atomic E-state index is 12.6. The van der Waals surface area contributed by atoms with E-state index in [1.54, 1.807) is 6.92 Å². The van der Waals surface area contributed by atoms with Gasteiger partial charge in [0.1, 0.15) is 0 Å². The predicted molar refractivity (Wildman–Crippen MR) is 54.8 cm³/mol. The van der Waals surface area contributed by atoms with E-state index in [0.29, 0.717) is 11.8 Å². The fourth-order valence-corrected chi connectivity index (χ4v) is 1.97. The van der Waals surface area contributed by atoms with Crippen LogP contribution in [-0.2, 0) is 6.18 Å². The summed E-state index contributed by atoms with van der Waals surface area (Å²) in [6.45, 7) is 1.73. The summed E-state index contributed by atoms with van der Waals surface area (Å²) < 4.78 is 37.8. The maximum Gasteiger partial charge on any atom is 0.417 e. The standard InChI is InChI=1S/C10H9F3O2S/c1-2-16-8-4-3-6(9(14)15)5-7(8)10(11,12)13/h3-5H,2H2,1H3,(H,14,15). The Hall–Kier alpha value is -1.17. The van der Waals surface area contributed by atoms with Crippen LogP contribution in [0.1, 0.15) is 22.8 Å². The number of carboxylic acid groups (broad SMARTS) is 1. The SMILES string of the molecule is CCSc1ccc(C(=O)O)cc1C(F)(F)F. The van der Waals surface area contributed by atoms with Gasteiger partial charge in [0.25, 0.3) is 0 Å². The largest absolute Gasteiger partial charge is 0.478 e. The molecule has 0 spiro atoms. The lowest BCUT2D eigenvalue weighted by Crippen LogP contribution is -2.09. The molecule has 2 nitrogen and oxygen atoms in total. The van der Waals surface area contributed by atoms with E-state index in [9.17, 15) is 18.0 Å². The lowest BCUT2D eigenvalue weighted by Gasteiger charge is -2.12. The smallest absolute Gasteiger partial charge is 0.417 e. The molecule has 0 aliphatic heterocycles. The minimum atomic E-state index is -4.52. The summed E-state index contributed by atoms with van der Waals surface area (Å²) in [5.41, 5.74) is -1.24. The van der Waals surface area contributed by atoms with Crippen LogP contribution >= 0.6 is 11.8 Å². The van der Waals surface area contributed by atoms with Crippen molar-refractivity contribution in [3.05, 3.63) is 29.3 Å². The molecule has 1 rings (SSSR count). The molecule has 0 heterocycles. The lowest BCUT2D eigenvalue weighted by molar-refractivity contribution is -0.139. The summed E-state index contributed by atoms with van der Waals surface area (Å²) in [4.78, 5) is 10.6. The number of rotatable bonds is 3. The Balaban J connectivity index is 3.27. The minimum absolute atomic E-state index is 0.0556. The van der Waals surface area contributed by atoms with Crippen molar-refractivity contribution < 1.29 is 23.1 Å². The Labute approximate surface area is 94.5 Å². The molecule has 1 aromatic rings. The molecular weight excluding hydrogens is 241 g/mol. The summed E-state index contributed by atoms with van der Waals surface area (Å²) in [6.07, 6.45) is -4.52. The quantitative estimate of drug-likeness (QED) is 0.834. The molecule has 0 aliphatic carbocycles. The zero-order valence-electron chi connectivity index (χ0n) is 8.34. The van der Waals surface area contributed by atoms with Crippen LogP contribution in [0.15, 0.2) is 23.1 Å². The van der Waals surface area contributed by atoms with Gasteiger partial charge in [0.2, 0.25) is 0 Å². The maximum atomic E-state index is 12.6. The Morgan fingerprint density at radius 2 is 2.06 bits per heavy atom. The van der Waals surface area contributed by atoms with Gasteiger partial charge >= 0.3 is 12.1 Å². The van der Waals surface area contributed by atoms with Crippen molar-refractivity contribution in [3.8, 4) is 0 Å². The number of carbonyl (C=O) groups is 1. The van der Waals surface area contributed by atoms with Crippen LogP contribution in [0.3, 0.4) is 0 Å². The molecule has 0 saturated carbocycles. The first-order chi connectivity index (χ1) is 7.36. The molecule has 1 N–H and O–H groups in total. The van der Waals surface area contributed by atoms with E-state index >= 15 is 0 Å². The van der Waals surface area contributed by atoms with Crippen LogP contribution in [-0.4, -0.2) is 16.8 Å². The number of thioether (sulfide) groups is 1. The second-order valence-electron chi connectivity index (χ2n) is 2.95. The zero-order chi connectivity index (χ0) is 12.3. The lowest BCUT2D eigenvalue weighted by atomic mass is 10.1. The molecule has 1 aromatic carbocycles. The van der Waals surface area contributed by atoms with E-state index in [0.717, 1.165) is 11.8 Å². The van der Waals surface area contributed by atoms with Crippen LogP contribution in [0, 0.1) is 0 Å². The topological polar surface area (TPSA) is 37.3 Å². The fraction of sp³-hybridized carbons (Fsp3) is 0.300. The fourth-order valence-electron chi connectivity index (χ4n) is 1.17. The summed E-state index contributed by atoms with van der Waals surface area (Å²) in [6, 6.07) is 3.04. The van der Waals surface area contributed by atoms with Gasteiger partial charge in [-0.1, -0.05) is 6.92 Å². The number of carboxylic acids is 1. The molecule has 0 saturated heterocycles. The molecule has 0 bridgehead atoms. The Morgan fingerprint density at radius 1 is 1.44 bits per heavy atom. The highest BCUT2D eigenvalue weighted by Crippen LogP contribution is 2.37. The van der Waals surface area contributed by atoms with Crippen LogP contribution in [0.5, 0.6) is 0 Å². The Bertz CT molecular complexity index is 402.